The second kappa shape index (κ2) is 7.45. The van der Waals surface area contributed by atoms with E-state index < -0.39 is 17.6 Å². The Morgan fingerprint density at radius 3 is 2.36 bits per heavy atom. The number of rotatable bonds is 4. The number of fused-ring (bicyclic) bond motifs is 2. The van der Waals surface area contributed by atoms with Crippen LogP contribution in [0.5, 0.6) is 0 Å². The van der Waals surface area contributed by atoms with Crippen molar-refractivity contribution in [2.75, 3.05) is 0 Å². The van der Waals surface area contributed by atoms with E-state index in [0.717, 1.165) is 0 Å². The van der Waals surface area contributed by atoms with Crippen LogP contribution in [0.4, 0.5) is 17.6 Å². The number of aliphatic hydroxyl groups is 1. The molecule has 8 heteroatoms. The Kier molecular flexibility index (Phi) is 4.79. The maximum atomic E-state index is 14.5. The van der Waals surface area contributed by atoms with E-state index in [9.17, 15) is 22.7 Å². The zero-order valence-corrected chi connectivity index (χ0v) is 17.5. The van der Waals surface area contributed by atoms with Gasteiger partial charge in [-0.25, -0.2) is 9.07 Å². The van der Waals surface area contributed by atoms with Crippen LogP contribution in [0.25, 0.3) is 27.5 Å². The molecule has 0 amide bonds. The van der Waals surface area contributed by atoms with E-state index in [1.807, 2.05) is 6.92 Å². The molecule has 5 rings (SSSR count). The third kappa shape index (κ3) is 3.21. The van der Waals surface area contributed by atoms with Gasteiger partial charge in [-0.05, 0) is 55.0 Å². The van der Waals surface area contributed by atoms with Crippen LogP contribution < -0.4 is 0 Å². The summed E-state index contributed by atoms with van der Waals surface area (Å²) in [5, 5.41) is 16.3. The van der Waals surface area contributed by atoms with Crippen molar-refractivity contribution in [1.82, 2.24) is 14.3 Å². The summed E-state index contributed by atoms with van der Waals surface area (Å²) in [6.07, 6.45) is -2.19. The zero-order valence-electron chi connectivity index (χ0n) is 17.5. The second-order valence-corrected chi connectivity index (χ2v) is 7.86. The lowest BCUT2D eigenvalue weighted by Crippen LogP contribution is -2.43. The molecule has 1 atom stereocenters. The Labute approximate surface area is 186 Å². The first-order valence-electron chi connectivity index (χ1n) is 10.4. The van der Waals surface area contributed by atoms with Gasteiger partial charge in [0, 0.05) is 34.6 Å². The van der Waals surface area contributed by atoms with Gasteiger partial charge >= 0.3 is 6.18 Å². The highest BCUT2D eigenvalue weighted by atomic mass is 19.4. The molecule has 4 nitrogen and oxygen atoms in total. The summed E-state index contributed by atoms with van der Waals surface area (Å²) in [6, 6.07) is 16.4. The van der Waals surface area contributed by atoms with E-state index in [-0.39, 0.29) is 11.1 Å². The molecule has 0 radical (unpaired) electrons. The van der Waals surface area contributed by atoms with E-state index in [0.29, 0.717) is 34.0 Å². The molecule has 0 saturated carbocycles. The van der Waals surface area contributed by atoms with Crippen molar-refractivity contribution in [3.05, 3.63) is 96.1 Å². The topological polar surface area (TPSA) is 43.0 Å². The van der Waals surface area contributed by atoms with Crippen molar-refractivity contribution in [1.29, 1.82) is 0 Å². The number of hydrogen-bond acceptors (Lipinski definition) is 2. The standard InChI is InChI=1S/C25H19F4N3O/c1-2-31-15-21(20-5-3-4-6-23(20)31)24(33,25(27,28)29)17-7-12-22-16(13-17)14-30-32(22)19-10-8-18(26)9-11-19/h3-15,33H,2H2,1H3. The fraction of sp³-hybridized carbons (Fsp3) is 0.160. The van der Waals surface area contributed by atoms with Gasteiger partial charge in [-0.3, -0.25) is 0 Å². The van der Waals surface area contributed by atoms with Crippen LogP contribution in [-0.2, 0) is 12.1 Å². The lowest BCUT2D eigenvalue weighted by atomic mass is 9.85. The largest absolute Gasteiger partial charge is 0.425 e. The number of alkyl halides is 3. The Bertz CT molecular complexity index is 1470. The molecule has 3 aromatic carbocycles. The van der Waals surface area contributed by atoms with Crippen molar-refractivity contribution < 1.29 is 22.7 Å². The van der Waals surface area contributed by atoms with E-state index in [2.05, 4.69) is 5.10 Å². The van der Waals surface area contributed by atoms with Gasteiger partial charge in [-0.15, -0.1) is 0 Å². The minimum atomic E-state index is -4.98. The molecule has 0 saturated heterocycles. The fourth-order valence-corrected chi connectivity index (χ4v) is 4.31. The number of hydrogen-bond donors (Lipinski definition) is 1. The predicted molar refractivity (Wildman–Crippen MR) is 118 cm³/mol. The van der Waals surface area contributed by atoms with Gasteiger partial charge in [0.15, 0.2) is 0 Å². The summed E-state index contributed by atoms with van der Waals surface area (Å²) >= 11 is 0. The average molecular weight is 453 g/mol. The van der Waals surface area contributed by atoms with Gasteiger partial charge in [-0.1, -0.05) is 24.3 Å². The average Bonchev–Trinajstić information content (AvgIpc) is 3.39. The van der Waals surface area contributed by atoms with Crippen LogP contribution in [-0.4, -0.2) is 25.6 Å². The zero-order chi connectivity index (χ0) is 23.4. The van der Waals surface area contributed by atoms with Crippen molar-refractivity contribution in [2.24, 2.45) is 0 Å². The maximum absolute atomic E-state index is 14.5. The van der Waals surface area contributed by atoms with Gasteiger partial charge in [0.1, 0.15) is 5.82 Å². The number of para-hydroxylation sites is 1. The molecule has 5 aromatic rings. The fourth-order valence-electron chi connectivity index (χ4n) is 4.31. The quantitative estimate of drug-likeness (QED) is 0.343. The van der Waals surface area contributed by atoms with E-state index in [4.69, 9.17) is 0 Å². The molecule has 0 aliphatic heterocycles. The van der Waals surface area contributed by atoms with Crippen LogP contribution in [0.15, 0.2) is 79.1 Å². The molecule has 0 spiro atoms. The van der Waals surface area contributed by atoms with E-state index in [1.54, 1.807) is 28.8 Å². The lowest BCUT2D eigenvalue weighted by Gasteiger charge is -2.31. The molecule has 0 aliphatic rings. The molecule has 0 bridgehead atoms. The number of nitrogens with zero attached hydrogens (tertiary/aromatic N) is 3. The number of aryl methyl sites for hydroxylation is 1. The summed E-state index contributed by atoms with van der Waals surface area (Å²) < 4.78 is 60.0. The van der Waals surface area contributed by atoms with Crippen LogP contribution in [0.3, 0.4) is 0 Å². The predicted octanol–water partition coefficient (Wildman–Crippen LogP) is 5.94. The summed E-state index contributed by atoms with van der Waals surface area (Å²) in [6.45, 7) is 2.29. The first-order valence-corrected chi connectivity index (χ1v) is 10.4. The summed E-state index contributed by atoms with van der Waals surface area (Å²) in [4.78, 5) is 0. The van der Waals surface area contributed by atoms with Gasteiger partial charge in [0.2, 0.25) is 5.60 Å². The van der Waals surface area contributed by atoms with Crippen molar-refractivity contribution >= 4 is 21.8 Å². The molecule has 0 fully saturated rings. The first kappa shape index (κ1) is 21.2. The van der Waals surface area contributed by atoms with Gasteiger partial charge < -0.3 is 9.67 Å². The molecule has 1 N–H and O–H groups in total. The second-order valence-electron chi connectivity index (χ2n) is 7.86. The summed E-state index contributed by atoms with van der Waals surface area (Å²) in [5.41, 5.74) is -2.04. The minimum absolute atomic E-state index is 0.224. The lowest BCUT2D eigenvalue weighted by molar-refractivity contribution is -0.247. The molecular weight excluding hydrogens is 434 g/mol. The van der Waals surface area contributed by atoms with Gasteiger partial charge in [0.05, 0.1) is 17.4 Å². The number of benzene rings is 3. The maximum Gasteiger partial charge on any atom is 0.425 e. The molecule has 0 aliphatic carbocycles. The van der Waals surface area contributed by atoms with Crippen LogP contribution in [0, 0.1) is 5.82 Å². The number of halogens is 4. The summed E-state index contributed by atoms with van der Waals surface area (Å²) in [5.74, 6) is -0.404. The molecule has 2 heterocycles. The van der Waals surface area contributed by atoms with Gasteiger partial charge in [-0.2, -0.15) is 18.3 Å². The first-order chi connectivity index (χ1) is 15.7. The van der Waals surface area contributed by atoms with Crippen molar-refractivity contribution in [3.63, 3.8) is 0 Å². The third-order valence-electron chi connectivity index (χ3n) is 5.99. The Morgan fingerprint density at radius 1 is 0.939 bits per heavy atom. The smallest absolute Gasteiger partial charge is 0.372 e. The molecular formula is C25H19F4N3O. The Balaban J connectivity index is 1.71. The molecule has 168 valence electrons. The Morgan fingerprint density at radius 2 is 1.67 bits per heavy atom. The number of aromatic nitrogens is 3. The summed E-state index contributed by atoms with van der Waals surface area (Å²) in [7, 11) is 0. The highest BCUT2D eigenvalue weighted by Gasteiger charge is 2.57. The normalized spacial score (nSPS) is 14.1. The van der Waals surface area contributed by atoms with Crippen LogP contribution >= 0.6 is 0 Å². The van der Waals surface area contributed by atoms with Crippen molar-refractivity contribution in [3.8, 4) is 5.69 Å². The molecule has 1 unspecified atom stereocenters. The Hall–Kier alpha value is -3.65. The van der Waals surface area contributed by atoms with Gasteiger partial charge in [0.25, 0.3) is 0 Å². The van der Waals surface area contributed by atoms with Crippen LogP contribution in [0.2, 0.25) is 0 Å². The van der Waals surface area contributed by atoms with Crippen molar-refractivity contribution in [2.45, 2.75) is 25.2 Å². The molecule has 2 aromatic heterocycles. The monoisotopic (exact) mass is 453 g/mol. The molecule has 33 heavy (non-hydrogen) atoms. The third-order valence-corrected chi connectivity index (χ3v) is 5.99. The highest BCUT2D eigenvalue weighted by Crippen LogP contribution is 2.47. The van der Waals surface area contributed by atoms with Crippen LogP contribution in [0.1, 0.15) is 18.1 Å². The minimum Gasteiger partial charge on any atom is -0.372 e. The SMILES string of the molecule is CCn1cc(C(O)(c2ccc3c(cnn3-c3ccc(F)cc3)c2)C(F)(F)F)c2ccccc21. The van der Waals surface area contributed by atoms with E-state index in [1.165, 1.54) is 59.5 Å². The van der Waals surface area contributed by atoms with E-state index >= 15 is 0 Å². The highest BCUT2D eigenvalue weighted by molar-refractivity contribution is 5.87.